The second kappa shape index (κ2) is 9.94. The van der Waals surface area contributed by atoms with Gasteiger partial charge in [-0.2, -0.15) is 5.26 Å². The number of carbonyl (C=O) groups is 2. The highest BCUT2D eigenvalue weighted by molar-refractivity contribution is 5.77. The molecule has 0 aromatic heterocycles. The molecule has 0 heterocycles. The van der Waals surface area contributed by atoms with Gasteiger partial charge in [-0.1, -0.05) is 48.5 Å². The first-order chi connectivity index (χ1) is 13.1. The number of benzene rings is 2. The van der Waals surface area contributed by atoms with Gasteiger partial charge < -0.3 is 19.9 Å². The van der Waals surface area contributed by atoms with Crippen LogP contribution >= 0.6 is 0 Å². The number of alkyl carbamates (subject to hydrolysis) is 1. The van der Waals surface area contributed by atoms with Crippen LogP contribution in [0.15, 0.2) is 54.6 Å². The van der Waals surface area contributed by atoms with Crippen LogP contribution in [0.5, 0.6) is 0 Å². The van der Waals surface area contributed by atoms with Crippen LogP contribution in [0.4, 0.5) is 4.79 Å². The van der Waals surface area contributed by atoms with Crippen molar-refractivity contribution in [2.24, 2.45) is 0 Å². The Morgan fingerprint density at radius 2 is 1.78 bits per heavy atom. The molecule has 0 fully saturated rings. The minimum absolute atomic E-state index is 0.0226. The van der Waals surface area contributed by atoms with Gasteiger partial charge in [0.15, 0.2) is 6.10 Å². The lowest BCUT2D eigenvalue weighted by Crippen LogP contribution is -2.41. The van der Waals surface area contributed by atoms with Crippen LogP contribution in [0.25, 0.3) is 0 Å². The van der Waals surface area contributed by atoms with E-state index in [0.717, 1.165) is 5.56 Å². The zero-order valence-electron chi connectivity index (χ0n) is 14.8. The molecule has 0 aliphatic heterocycles. The summed E-state index contributed by atoms with van der Waals surface area (Å²) in [6.45, 7) is 1.69. The molecule has 1 amide bonds. The highest BCUT2D eigenvalue weighted by Gasteiger charge is 2.32. The predicted octanol–water partition coefficient (Wildman–Crippen LogP) is 2.45. The summed E-state index contributed by atoms with van der Waals surface area (Å²) in [6, 6.07) is 16.2. The molecule has 2 rings (SSSR count). The van der Waals surface area contributed by atoms with Gasteiger partial charge in [0.1, 0.15) is 6.61 Å². The van der Waals surface area contributed by atoms with Crippen molar-refractivity contribution in [2.45, 2.75) is 25.7 Å². The van der Waals surface area contributed by atoms with Gasteiger partial charge in [0.2, 0.25) is 0 Å². The van der Waals surface area contributed by atoms with Crippen molar-refractivity contribution in [3.63, 3.8) is 0 Å². The molecule has 2 aromatic carbocycles. The van der Waals surface area contributed by atoms with E-state index in [2.05, 4.69) is 5.32 Å². The van der Waals surface area contributed by atoms with Crippen LogP contribution in [-0.2, 0) is 20.9 Å². The second-order valence-electron chi connectivity index (χ2n) is 5.58. The quantitative estimate of drug-likeness (QED) is 0.727. The van der Waals surface area contributed by atoms with E-state index in [4.69, 9.17) is 9.47 Å². The van der Waals surface area contributed by atoms with Crippen LogP contribution in [-0.4, -0.2) is 29.9 Å². The molecule has 140 valence electrons. The average Bonchev–Trinajstić information content (AvgIpc) is 2.71. The Morgan fingerprint density at radius 3 is 2.44 bits per heavy atom. The Bertz CT molecular complexity index is 817. The van der Waals surface area contributed by atoms with E-state index in [1.54, 1.807) is 37.3 Å². The van der Waals surface area contributed by atoms with E-state index in [-0.39, 0.29) is 24.3 Å². The Balaban J connectivity index is 2.18. The number of amides is 1. The van der Waals surface area contributed by atoms with Crippen molar-refractivity contribution in [1.29, 1.82) is 5.26 Å². The first-order valence-electron chi connectivity index (χ1n) is 8.37. The highest BCUT2D eigenvalue weighted by atomic mass is 16.6. The largest absolute Gasteiger partial charge is 0.464 e. The van der Waals surface area contributed by atoms with Crippen molar-refractivity contribution < 1.29 is 24.2 Å². The third-order valence-corrected chi connectivity index (χ3v) is 3.75. The molecule has 0 radical (unpaired) electrons. The molecule has 0 spiro atoms. The van der Waals surface area contributed by atoms with E-state index in [9.17, 15) is 20.0 Å². The molecule has 0 bridgehead atoms. The van der Waals surface area contributed by atoms with Crippen LogP contribution in [0.2, 0.25) is 0 Å². The number of ether oxygens (including phenoxy) is 2. The number of nitrogens with zero attached hydrogens (tertiary/aromatic N) is 1. The summed E-state index contributed by atoms with van der Waals surface area (Å²) in [5.41, 5.74) is 1.29. The van der Waals surface area contributed by atoms with Crippen LogP contribution in [0, 0.1) is 11.3 Å². The van der Waals surface area contributed by atoms with E-state index < -0.39 is 24.2 Å². The maximum absolute atomic E-state index is 12.2. The number of nitrogens with one attached hydrogen (secondary N) is 1. The standard InChI is InChI=1S/C20H20N2O5/c1-2-26-19(24)18(23)17(16-11-7-6-10-15(16)12-21)22-20(25)27-13-14-8-4-3-5-9-14/h3-11,17-18,23H,2,13H2,1H3,(H,22,25)/t17-,18+/m1/s1. The Kier molecular flexibility index (Phi) is 7.35. The first-order valence-corrected chi connectivity index (χ1v) is 8.37. The number of hydrogen-bond donors (Lipinski definition) is 2. The van der Waals surface area contributed by atoms with E-state index in [1.165, 1.54) is 6.07 Å². The van der Waals surface area contributed by atoms with Gasteiger partial charge in [-0.15, -0.1) is 0 Å². The summed E-state index contributed by atoms with van der Waals surface area (Å²) in [5.74, 6) is -0.904. The van der Waals surface area contributed by atoms with Crippen LogP contribution in [0.1, 0.15) is 29.7 Å². The number of carbonyl (C=O) groups excluding carboxylic acids is 2. The Labute approximate surface area is 157 Å². The summed E-state index contributed by atoms with van der Waals surface area (Å²) in [4.78, 5) is 24.2. The fourth-order valence-electron chi connectivity index (χ4n) is 2.45. The normalized spacial score (nSPS) is 12.3. The van der Waals surface area contributed by atoms with E-state index in [1.807, 2.05) is 24.3 Å². The third kappa shape index (κ3) is 5.56. The van der Waals surface area contributed by atoms with Crippen LogP contribution in [0.3, 0.4) is 0 Å². The number of nitriles is 1. The van der Waals surface area contributed by atoms with Crippen LogP contribution < -0.4 is 5.32 Å². The smallest absolute Gasteiger partial charge is 0.408 e. The van der Waals surface area contributed by atoms with Gasteiger partial charge in [-0.05, 0) is 24.1 Å². The molecule has 0 saturated heterocycles. The summed E-state index contributed by atoms with van der Waals surface area (Å²) >= 11 is 0. The SMILES string of the molecule is CCOC(=O)[C@@H](O)[C@H](NC(=O)OCc1ccccc1)c1ccccc1C#N. The fraction of sp³-hybridized carbons (Fsp3) is 0.250. The van der Waals surface area contributed by atoms with Crippen molar-refractivity contribution in [3.05, 3.63) is 71.3 Å². The Hall–Kier alpha value is -3.37. The molecule has 0 unspecified atom stereocenters. The molecule has 7 heteroatoms. The number of rotatable bonds is 7. The molecule has 7 nitrogen and oxygen atoms in total. The number of aliphatic hydroxyl groups excluding tert-OH is 1. The lowest BCUT2D eigenvalue weighted by molar-refractivity contribution is -0.154. The lowest BCUT2D eigenvalue weighted by atomic mass is 9.97. The molecular weight excluding hydrogens is 348 g/mol. The molecule has 2 aromatic rings. The van der Waals surface area contributed by atoms with Gasteiger partial charge in [0.25, 0.3) is 0 Å². The van der Waals surface area contributed by atoms with Crippen molar-refractivity contribution in [3.8, 4) is 6.07 Å². The Morgan fingerprint density at radius 1 is 1.11 bits per heavy atom. The summed E-state index contributed by atoms with van der Waals surface area (Å²) in [6.07, 6.45) is -2.52. The maximum Gasteiger partial charge on any atom is 0.408 e. The molecule has 27 heavy (non-hydrogen) atoms. The van der Waals surface area contributed by atoms with Crippen molar-refractivity contribution in [1.82, 2.24) is 5.32 Å². The second-order valence-corrected chi connectivity index (χ2v) is 5.58. The zero-order valence-corrected chi connectivity index (χ0v) is 14.8. The average molecular weight is 368 g/mol. The summed E-state index contributed by atoms with van der Waals surface area (Å²) < 4.78 is 9.97. The van der Waals surface area contributed by atoms with Gasteiger partial charge >= 0.3 is 12.1 Å². The lowest BCUT2D eigenvalue weighted by Gasteiger charge is -2.23. The summed E-state index contributed by atoms with van der Waals surface area (Å²) in [5, 5.41) is 22.1. The van der Waals surface area contributed by atoms with Gasteiger partial charge in [0, 0.05) is 0 Å². The van der Waals surface area contributed by atoms with Gasteiger partial charge in [-0.3, -0.25) is 0 Å². The molecule has 0 aliphatic carbocycles. The fourth-order valence-corrected chi connectivity index (χ4v) is 2.45. The van der Waals surface area contributed by atoms with Crippen molar-refractivity contribution in [2.75, 3.05) is 6.61 Å². The molecule has 0 aliphatic rings. The van der Waals surface area contributed by atoms with Gasteiger partial charge in [-0.25, -0.2) is 9.59 Å². The monoisotopic (exact) mass is 368 g/mol. The summed E-state index contributed by atoms with van der Waals surface area (Å²) in [7, 11) is 0. The van der Waals surface area contributed by atoms with E-state index in [0.29, 0.717) is 0 Å². The first kappa shape index (κ1) is 19.9. The molecule has 2 N–H and O–H groups in total. The maximum atomic E-state index is 12.2. The topological polar surface area (TPSA) is 109 Å². The highest BCUT2D eigenvalue weighted by Crippen LogP contribution is 2.22. The minimum atomic E-state index is -1.69. The molecular formula is C20H20N2O5. The number of esters is 1. The minimum Gasteiger partial charge on any atom is -0.464 e. The van der Waals surface area contributed by atoms with Gasteiger partial charge in [0.05, 0.1) is 24.3 Å². The zero-order chi connectivity index (χ0) is 19.6. The van der Waals surface area contributed by atoms with Crippen molar-refractivity contribution >= 4 is 12.1 Å². The van der Waals surface area contributed by atoms with E-state index >= 15 is 0 Å². The predicted molar refractivity (Wildman–Crippen MR) is 96.3 cm³/mol. The molecule has 2 atom stereocenters. The molecule has 0 saturated carbocycles. The number of aliphatic hydroxyl groups is 1. The number of hydrogen-bond acceptors (Lipinski definition) is 6. The third-order valence-electron chi connectivity index (χ3n) is 3.75.